The van der Waals surface area contributed by atoms with E-state index in [1.54, 1.807) is 37.4 Å². The SMILES string of the molecule is CCOC(=O)c1cc(C(=O)c2cc(OC)cc(OC)c2)n2c1ccc1c3cccnc3ccc12. The highest BCUT2D eigenvalue weighted by molar-refractivity contribution is 6.14. The Bertz CT molecular complexity index is 1560. The number of aromatic nitrogens is 2. The van der Waals surface area contributed by atoms with Gasteiger partial charge in [0.2, 0.25) is 5.78 Å². The van der Waals surface area contributed by atoms with Gasteiger partial charge in [-0.25, -0.2) is 4.79 Å². The quantitative estimate of drug-likeness (QED) is 0.203. The Morgan fingerprint density at radius 1 is 0.882 bits per heavy atom. The number of rotatable bonds is 6. The van der Waals surface area contributed by atoms with E-state index in [0.717, 1.165) is 21.8 Å². The van der Waals surface area contributed by atoms with Crippen molar-refractivity contribution in [2.45, 2.75) is 6.92 Å². The smallest absolute Gasteiger partial charge is 0.340 e. The van der Waals surface area contributed by atoms with Crippen LogP contribution in [0.3, 0.4) is 0 Å². The van der Waals surface area contributed by atoms with Gasteiger partial charge in [-0.3, -0.25) is 9.78 Å². The van der Waals surface area contributed by atoms with Crippen LogP contribution in [0.25, 0.3) is 27.3 Å². The van der Waals surface area contributed by atoms with Crippen LogP contribution in [0.4, 0.5) is 0 Å². The van der Waals surface area contributed by atoms with Gasteiger partial charge >= 0.3 is 5.97 Å². The Balaban J connectivity index is 1.83. The Morgan fingerprint density at radius 2 is 1.62 bits per heavy atom. The maximum atomic E-state index is 13.8. The summed E-state index contributed by atoms with van der Waals surface area (Å²) < 4.78 is 17.8. The Labute approximate surface area is 195 Å². The molecule has 0 radical (unpaired) electrons. The van der Waals surface area contributed by atoms with Crippen LogP contribution >= 0.6 is 0 Å². The number of hydrogen-bond acceptors (Lipinski definition) is 6. The highest BCUT2D eigenvalue weighted by Crippen LogP contribution is 2.31. The van der Waals surface area contributed by atoms with Crippen molar-refractivity contribution in [3.63, 3.8) is 0 Å². The summed E-state index contributed by atoms with van der Waals surface area (Å²) in [4.78, 5) is 31.0. The molecule has 7 heteroatoms. The Morgan fingerprint density at radius 3 is 2.32 bits per heavy atom. The Kier molecular flexibility index (Phi) is 5.37. The van der Waals surface area contributed by atoms with Crippen molar-refractivity contribution in [3.8, 4) is 11.5 Å². The van der Waals surface area contributed by atoms with E-state index < -0.39 is 5.97 Å². The molecule has 0 fully saturated rings. The van der Waals surface area contributed by atoms with Gasteiger partial charge in [-0.15, -0.1) is 0 Å². The molecule has 0 saturated heterocycles. The molecular formula is C27H22N2O5. The van der Waals surface area contributed by atoms with E-state index in [4.69, 9.17) is 14.2 Å². The number of carbonyl (C=O) groups is 2. The molecule has 0 aliphatic rings. The lowest BCUT2D eigenvalue weighted by Crippen LogP contribution is -2.06. The van der Waals surface area contributed by atoms with Gasteiger partial charge in [-0.1, -0.05) is 12.1 Å². The second kappa shape index (κ2) is 8.51. The molecule has 5 rings (SSSR count). The molecule has 3 heterocycles. The number of methoxy groups -OCH3 is 2. The molecule has 34 heavy (non-hydrogen) atoms. The van der Waals surface area contributed by atoms with E-state index >= 15 is 0 Å². The molecule has 170 valence electrons. The van der Waals surface area contributed by atoms with Crippen LogP contribution in [0, 0.1) is 0 Å². The molecular weight excluding hydrogens is 432 g/mol. The summed E-state index contributed by atoms with van der Waals surface area (Å²) in [6, 6.07) is 18.1. The number of esters is 1. The van der Waals surface area contributed by atoms with Gasteiger partial charge in [0.1, 0.15) is 11.5 Å². The molecule has 0 N–H and O–H groups in total. The maximum absolute atomic E-state index is 13.8. The number of hydrogen-bond donors (Lipinski definition) is 0. The van der Waals surface area contributed by atoms with E-state index in [1.165, 1.54) is 14.2 Å². The highest BCUT2D eigenvalue weighted by Gasteiger charge is 2.24. The zero-order valence-electron chi connectivity index (χ0n) is 19.0. The van der Waals surface area contributed by atoms with Gasteiger partial charge in [0.15, 0.2) is 0 Å². The molecule has 0 atom stereocenters. The number of fused-ring (bicyclic) bond motifs is 5. The highest BCUT2D eigenvalue weighted by atomic mass is 16.5. The first-order valence-corrected chi connectivity index (χ1v) is 10.8. The molecule has 0 spiro atoms. The lowest BCUT2D eigenvalue weighted by molar-refractivity contribution is 0.0529. The van der Waals surface area contributed by atoms with Gasteiger partial charge in [-0.2, -0.15) is 0 Å². The van der Waals surface area contributed by atoms with Crippen molar-refractivity contribution in [1.82, 2.24) is 9.38 Å². The van der Waals surface area contributed by atoms with E-state index in [1.807, 2.05) is 40.8 Å². The monoisotopic (exact) mass is 454 g/mol. The third-order valence-corrected chi connectivity index (χ3v) is 5.83. The van der Waals surface area contributed by atoms with Gasteiger partial charge in [0.25, 0.3) is 0 Å². The summed E-state index contributed by atoms with van der Waals surface area (Å²) in [5.41, 5.74) is 3.26. The first kappa shape index (κ1) is 21.5. The third kappa shape index (κ3) is 3.42. The van der Waals surface area contributed by atoms with Gasteiger partial charge < -0.3 is 18.6 Å². The molecule has 5 aromatic rings. The minimum absolute atomic E-state index is 0.233. The van der Waals surface area contributed by atoms with Crippen LogP contribution in [0.1, 0.15) is 33.3 Å². The molecule has 0 amide bonds. The van der Waals surface area contributed by atoms with Gasteiger partial charge in [0.05, 0.1) is 48.6 Å². The maximum Gasteiger partial charge on any atom is 0.340 e. The predicted molar refractivity (Wildman–Crippen MR) is 129 cm³/mol. The van der Waals surface area contributed by atoms with Crippen LogP contribution in [-0.4, -0.2) is 42.0 Å². The summed E-state index contributed by atoms with van der Waals surface area (Å²) in [7, 11) is 3.06. The van der Waals surface area contributed by atoms with Crippen molar-refractivity contribution in [2.24, 2.45) is 0 Å². The largest absolute Gasteiger partial charge is 0.497 e. The van der Waals surface area contributed by atoms with Crippen molar-refractivity contribution in [2.75, 3.05) is 20.8 Å². The zero-order chi connectivity index (χ0) is 23.8. The fourth-order valence-electron chi connectivity index (χ4n) is 4.27. The average Bonchev–Trinajstić information content (AvgIpc) is 3.28. The topological polar surface area (TPSA) is 79.1 Å². The van der Waals surface area contributed by atoms with Crippen LogP contribution in [0.15, 0.2) is 66.9 Å². The first-order valence-electron chi connectivity index (χ1n) is 10.8. The molecule has 3 aromatic heterocycles. The second-order valence-corrected chi connectivity index (χ2v) is 7.72. The third-order valence-electron chi connectivity index (χ3n) is 5.83. The molecule has 0 aliphatic carbocycles. The number of carbonyl (C=O) groups excluding carboxylic acids is 2. The molecule has 2 aromatic carbocycles. The van der Waals surface area contributed by atoms with Crippen LogP contribution in [0.2, 0.25) is 0 Å². The summed E-state index contributed by atoms with van der Waals surface area (Å²) in [5.74, 6) is 0.234. The summed E-state index contributed by atoms with van der Waals surface area (Å²) in [5, 5.41) is 1.87. The van der Waals surface area contributed by atoms with Crippen molar-refractivity contribution in [3.05, 3.63) is 83.7 Å². The molecule has 0 unspecified atom stereocenters. The molecule has 0 bridgehead atoms. The molecule has 0 aliphatic heterocycles. The van der Waals surface area contributed by atoms with Crippen molar-refractivity contribution < 1.29 is 23.8 Å². The van der Waals surface area contributed by atoms with E-state index in [-0.39, 0.29) is 12.4 Å². The molecule has 7 nitrogen and oxygen atoms in total. The summed E-state index contributed by atoms with van der Waals surface area (Å²) >= 11 is 0. The van der Waals surface area contributed by atoms with Gasteiger partial charge in [0, 0.05) is 28.6 Å². The van der Waals surface area contributed by atoms with Crippen LogP contribution in [-0.2, 0) is 4.74 Å². The number of benzene rings is 2. The summed E-state index contributed by atoms with van der Waals surface area (Å²) in [6.45, 7) is 1.98. The molecule has 0 saturated carbocycles. The first-order chi connectivity index (χ1) is 16.5. The van der Waals surface area contributed by atoms with Crippen LogP contribution < -0.4 is 9.47 Å². The zero-order valence-corrected chi connectivity index (χ0v) is 19.0. The predicted octanol–water partition coefficient (Wildman–Crippen LogP) is 5.07. The number of nitrogens with zero attached hydrogens (tertiary/aromatic N) is 2. The number of ether oxygens (including phenoxy) is 3. The van der Waals surface area contributed by atoms with Crippen molar-refractivity contribution in [1.29, 1.82) is 0 Å². The fraction of sp³-hybridized carbons (Fsp3) is 0.148. The normalized spacial score (nSPS) is 11.1. The van der Waals surface area contributed by atoms with Crippen molar-refractivity contribution >= 4 is 39.1 Å². The number of pyridine rings is 2. The minimum atomic E-state index is -0.482. The van der Waals surface area contributed by atoms with Crippen LogP contribution in [0.5, 0.6) is 11.5 Å². The number of ketones is 1. The Hall–Kier alpha value is -4.39. The summed E-state index contributed by atoms with van der Waals surface area (Å²) in [6.07, 6.45) is 1.74. The van der Waals surface area contributed by atoms with E-state index in [2.05, 4.69) is 4.98 Å². The standard InChI is InChI=1S/C27H22N2O5/c1-4-34-27(31)21-15-25(26(30)16-12-17(32-2)14-18(13-16)33-3)29-23-10-8-22-19(6-5-11-28-22)20(23)7-9-24(21)29/h5-15H,4H2,1-3H3. The minimum Gasteiger partial charge on any atom is -0.497 e. The van der Waals surface area contributed by atoms with E-state index in [0.29, 0.717) is 33.8 Å². The lowest BCUT2D eigenvalue weighted by Gasteiger charge is -2.11. The fourth-order valence-corrected chi connectivity index (χ4v) is 4.27. The van der Waals surface area contributed by atoms with E-state index in [9.17, 15) is 9.59 Å². The van der Waals surface area contributed by atoms with Gasteiger partial charge in [-0.05, 0) is 49.4 Å². The lowest BCUT2D eigenvalue weighted by atomic mass is 10.1. The average molecular weight is 454 g/mol. The second-order valence-electron chi connectivity index (χ2n) is 7.72.